The highest BCUT2D eigenvalue weighted by atomic mass is 32.1. The summed E-state index contributed by atoms with van der Waals surface area (Å²) in [5.41, 5.74) is 2.25. The number of thiophene rings is 1. The van der Waals surface area contributed by atoms with Crippen LogP contribution < -0.4 is 10.6 Å². The van der Waals surface area contributed by atoms with Gasteiger partial charge < -0.3 is 20.1 Å². The van der Waals surface area contributed by atoms with Crippen molar-refractivity contribution in [2.75, 3.05) is 44.7 Å². The van der Waals surface area contributed by atoms with Gasteiger partial charge >= 0.3 is 6.09 Å². The molecule has 1 saturated heterocycles. The first kappa shape index (κ1) is 23.9. The molecule has 1 aliphatic carbocycles. The predicted octanol–water partition coefficient (Wildman–Crippen LogP) is 2.58. The fourth-order valence-corrected chi connectivity index (χ4v) is 5.26. The van der Waals surface area contributed by atoms with Crippen LogP contribution in [0.1, 0.15) is 28.0 Å². The maximum absolute atomic E-state index is 12.4. The zero-order valence-corrected chi connectivity index (χ0v) is 19.6. The molecule has 2 aromatic rings. The fourth-order valence-electron chi connectivity index (χ4n) is 4.00. The van der Waals surface area contributed by atoms with Crippen LogP contribution in [0.5, 0.6) is 0 Å². The summed E-state index contributed by atoms with van der Waals surface area (Å²) >= 11 is 1.37. The fraction of sp³-hybridized carbons (Fsp3) is 0.417. The summed E-state index contributed by atoms with van der Waals surface area (Å²) in [5.74, 6) is -0.314. The number of morpholine rings is 1. The van der Waals surface area contributed by atoms with E-state index in [9.17, 15) is 14.9 Å². The van der Waals surface area contributed by atoms with Crippen LogP contribution in [0.2, 0.25) is 0 Å². The number of fused-ring (bicyclic) bond motifs is 1. The highest BCUT2D eigenvalue weighted by Crippen LogP contribution is 2.38. The number of hydrogen-bond acceptors (Lipinski definition) is 8. The van der Waals surface area contributed by atoms with E-state index in [4.69, 9.17) is 9.47 Å². The van der Waals surface area contributed by atoms with Gasteiger partial charge in [-0.15, -0.1) is 11.3 Å². The number of carbonyl (C=O) groups excluding carboxylic acids is 2. The van der Waals surface area contributed by atoms with E-state index in [-0.39, 0.29) is 12.0 Å². The Balaban J connectivity index is 1.29. The number of anilines is 1. The van der Waals surface area contributed by atoms with Gasteiger partial charge in [-0.2, -0.15) is 5.26 Å². The van der Waals surface area contributed by atoms with Crippen molar-refractivity contribution in [3.05, 3.63) is 52.2 Å². The first-order chi connectivity index (χ1) is 16.6. The molecule has 0 aromatic carbocycles. The van der Waals surface area contributed by atoms with Crippen molar-refractivity contribution in [3.63, 3.8) is 0 Å². The number of aromatic nitrogens is 1. The predicted molar refractivity (Wildman–Crippen MR) is 128 cm³/mol. The van der Waals surface area contributed by atoms with Crippen molar-refractivity contribution in [2.45, 2.75) is 25.4 Å². The van der Waals surface area contributed by atoms with Gasteiger partial charge in [0.2, 0.25) is 5.91 Å². The summed E-state index contributed by atoms with van der Waals surface area (Å²) in [6.07, 6.45) is 7.54. The number of rotatable bonds is 7. The standard InChI is InChI=1S/C24H27N5O4S/c25-15-20-19-5-4-18(33-24(31)27-8-9-29-10-12-32-13-11-29)14-21(19)34-23(20)28-22(30)6-3-17-2-1-7-26-16-17/h1-3,6-7,16,18H,4-5,8-14H2,(H,27,31)(H,28,30). The summed E-state index contributed by atoms with van der Waals surface area (Å²) in [5, 5.41) is 15.8. The molecule has 0 spiro atoms. The van der Waals surface area contributed by atoms with Gasteiger partial charge in [0.25, 0.3) is 0 Å². The Morgan fingerprint density at radius 3 is 3.00 bits per heavy atom. The van der Waals surface area contributed by atoms with Crippen LogP contribution in [-0.2, 0) is 27.1 Å². The largest absolute Gasteiger partial charge is 0.446 e. The second kappa shape index (κ2) is 11.7. The van der Waals surface area contributed by atoms with Crippen LogP contribution in [0.4, 0.5) is 9.80 Å². The van der Waals surface area contributed by atoms with E-state index in [1.165, 1.54) is 17.4 Å². The van der Waals surface area contributed by atoms with Gasteiger partial charge in [0.05, 0.1) is 18.8 Å². The Bertz CT molecular complexity index is 1070. The maximum Gasteiger partial charge on any atom is 0.407 e. The lowest BCUT2D eigenvalue weighted by molar-refractivity contribution is -0.111. The lowest BCUT2D eigenvalue weighted by Crippen LogP contribution is -2.42. The smallest absolute Gasteiger partial charge is 0.407 e. The summed E-state index contributed by atoms with van der Waals surface area (Å²) in [6.45, 7) is 4.49. The number of nitrogens with one attached hydrogen (secondary N) is 2. The van der Waals surface area contributed by atoms with Gasteiger partial charge in [-0.05, 0) is 36.1 Å². The minimum atomic E-state index is -0.423. The molecule has 9 nitrogen and oxygen atoms in total. The summed E-state index contributed by atoms with van der Waals surface area (Å²) < 4.78 is 10.9. The quantitative estimate of drug-likeness (QED) is 0.584. The summed E-state index contributed by atoms with van der Waals surface area (Å²) in [4.78, 5) is 31.8. The lowest BCUT2D eigenvalue weighted by Gasteiger charge is -2.27. The van der Waals surface area contributed by atoms with Crippen LogP contribution in [0.3, 0.4) is 0 Å². The number of pyridine rings is 1. The van der Waals surface area contributed by atoms with Gasteiger partial charge in [0.15, 0.2) is 0 Å². The highest BCUT2D eigenvalue weighted by molar-refractivity contribution is 7.16. The molecule has 1 atom stereocenters. The molecule has 1 fully saturated rings. The first-order valence-corrected chi connectivity index (χ1v) is 12.1. The molecule has 0 bridgehead atoms. The Labute approximate surface area is 202 Å². The van der Waals surface area contributed by atoms with Crippen LogP contribution >= 0.6 is 11.3 Å². The van der Waals surface area contributed by atoms with Crippen LogP contribution in [0, 0.1) is 11.3 Å². The number of hydrogen-bond donors (Lipinski definition) is 2. The lowest BCUT2D eigenvalue weighted by atomic mass is 9.94. The third-order valence-corrected chi connectivity index (χ3v) is 6.92. The van der Waals surface area contributed by atoms with Crippen molar-refractivity contribution in [1.82, 2.24) is 15.2 Å². The van der Waals surface area contributed by atoms with E-state index < -0.39 is 6.09 Å². The number of alkyl carbamates (subject to hydrolysis) is 1. The molecule has 0 radical (unpaired) electrons. The van der Waals surface area contributed by atoms with Crippen LogP contribution in [0.25, 0.3) is 6.08 Å². The second-order valence-electron chi connectivity index (χ2n) is 8.08. The van der Waals surface area contributed by atoms with E-state index in [1.807, 2.05) is 6.07 Å². The molecule has 10 heteroatoms. The van der Waals surface area contributed by atoms with Crippen LogP contribution in [-0.4, -0.2) is 67.4 Å². The highest BCUT2D eigenvalue weighted by Gasteiger charge is 2.28. The first-order valence-electron chi connectivity index (χ1n) is 11.3. The molecule has 4 rings (SSSR count). The molecular weight excluding hydrogens is 454 g/mol. The van der Waals surface area contributed by atoms with Crippen molar-refractivity contribution in [3.8, 4) is 6.07 Å². The molecule has 2 amide bonds. The number of nitriles is 1. The van der Waals surface area contributed by atoms with E-state index in [1.54, 1.807) is 24.5 Å². The van der Waals surface area contributed by atoms with E-state index in [2.05, 4.69) is 26.6 Å². The van der Waals surface area contributed by atoms with E-state index in [0.717, 1.165) is 48.9 Å². The van der Waals surface area contributed by atoms with Crippen molar-refractivity contribution < 1.29 is 19.1 Å². The average Bonchev–Trinajstić information content (AvgIpc) is 3.20. The minimum absolute atomic E-state index is 0.255. The van der Waals surface area contributed by atoms with Crippen molar-refractivity contribution in [2.24, 2.45) is 0 Å². The molecule has 34 heavy (non-hydrogen) atoms. The van der Waals surface area contributed by atoms with Gasteiger partial charge in [0, 0.05) is 55.9 Å². The molecule has 1 aliphatic heterocycles. The molecular formula is C24H27N5O4S. The molecule has 0 saturated carbocycles. The number of amides is 2. The van der Waals surface area contributed by atoms with Crippen LogP contribution in [0.15, 0.2) is 30.6 Å². The van der Waals surface area contributed by atoms with E-state index in [0.29, 0.717) is 36.4 Å². The molecule has 2 aromatic heterocycles. The summed E-state index contributed by atoms with van der Waals surface area (Å²) in [6, 6.07) is 5.87. The van der Waals surface area contributed by atoms with Gasteiger partial charge in [0.1, 0.15) is 17.2 Å². The second-order valence-corrected chi connectivity index (χ2v) is 9.18. The van der Waals surface area contributed by atoms with E-state index >= 15 is 0 Å². The minimum Gasteiger partial charge on any atom is -0.446 e. The SMILES string of the molecule is N#Cc1c(NC(=O)C=Cc2cccnc2)sc2c1CCC(OC(=O)NCCN1CCOCC1)C2. The van der Waals surface area contributed by atoms with Gasteiger partial charge in [-0.25, -0.2) is 4.79 Å². The molecule has 178 valence electrons. The number of nitrogens with zero attached hydrogens (tertiary/aromatic N) is 3. The van der Waals surface area contributed by atoms with Crippen molar-refractivity contribution in [1.29, 1.82) is 5.26 Å². The maximum atomic E-state index is 12.4. The zero-order valence-electron chi connectivity index (χ0n) is 18.8. The Morgan fingerprint density at radius 1 is 1.38 bits per heavy atom. The average molecular weight is 482 g/mol. The third kappa shape index (κ3) is 6.41. The molecule has 3 heterocycles. The monoisotopic (exact) mass is 481 g/mol. The van der Waals surface area contributed by atoms with Gasteiger partial charge in [-0.3, -0.25) is 14.7 Å². The Kier molecular flexibility index (Phi) is 8.25. The topological polar surface area (TPSA) is 117 Å². The molecule has 2 N–H and O–H groups in total. The number of ether oxygens (including phenoxy) is 2. The van der Waals surface area contributed by atoms with Crippen molar-refractivity contribution >= 4 is 34.4 Å². The van der Waals surface area contributed by atoms with Gasteiger partial charge in [-0.1, -0.05) is 6.07 Å². The zero-order chi connectivity index (χ0) is 23.8. The molecule has 2 aliphatic rings. The number of carbonyl (C=O) groups is 2. The molecule has 1 unspecified atom stereocenters. The Morgan fingerprint density at radius 2 is 2.24 bits per heavy atom. The third-order valence-electron chi connectivity index (χ3n) is 5.75. The Hall–Kier alpha value is -3.26. The summed E-state index contributed by atoms with van der Waals surface area (Å²) in [7, 11) is 0. The normalized spacial score (nSPS) is 18.1.